The molecule has 4 rings (SSSR count). The second kappa shape index (κ2) is 4.59. The third-order valence-corrected chi connectivity index (χ3v) is 7.62. The zero-order valence-electron chi connectivity index (χ0n) is 13.1. The molecule has 2 aromatic rings. The van der Waals surface area contributed by atoms with Gasteiger partial charge in [-0.05, 0) is 63.6 Å². The highest BCUT2D eigenvalue weighted by atomic mass is 32.2. The number of hydrogen-bond donors (Lipinski definition) is 2. The number of aromatic amines is 1. The van der Waals surface area contributed by atoms with Gasteiger partial charge in [0.25, 0.3) is 0 Å². The van der Waals surface area contributed by atoms with Gasteiger partial charge in [0, 0.05) is 22.6 Å². The fraction of sp³-hybridized carbons (Fsp3) is 0.529. The summed E-state index contributed by atoms with van der Waals surface area (Å²) in [6.07, 6.45) is 4.13. The first-order valence-corrected chi connectivity index (χ1v) is 9.48. The van der Waals surface area contributed by atoms with Crippen LogP contribution in [0.5, 0.6) is 0 Å². The van der Waals surface area contributed by atoms with Crippen molar-refractivity contribution in [3.8, 4) is 0 Å². The average Bonchev–Trinajstić information content (AvgIpc) is 3.12. The van der Waals surface area contributed by atoms with Crippen molar-refractivity contribution in [2.45, 2.75) is 56.7 Å². The maximum atomic E-state index is 12.4. The summed E-state index contributed by atoms with van der Waals surface area (Å²) in [5, 5.41) is 1.25. The zero-order valence-corrected chi connectivity index (χ0v) is 13.9. The maximum Gasteiger partial charge on any atom is 0.217 e. The zero-order chi connectivity index (χ0) is 15.5. The second-order valence-corrected chi connectivity index (χ2v) is 9.37. The number of benzene rings is 1. The van der Waals surface area contributed by atoms with Crippen molar-refractivity contribution in [3.05, 3.63) is 35.0 Å². The van der Waals surface area contributed by atoms with Gasteiger partial charge >= 0.3 is 0 Å². The quantitative estimate of drug-likeness (QED) is 0.914. The highest BCUT2D eigenvalue weighted by Crippen LogP contribution is 2.42. The lowest BCUT2D eigenvalue weighted by molar-refractivity contribution is 0.499. The Bertz CT molecular complexity index is 847. The Morgan fingerprint density at radius 2 is 2.09 bits per heavy atom. The van der Waals surface area contributed by atoms with Gasteiger partial charge in [0.05, 0.1) is 4.75 Å². The topological polar surface area (TPSA) is 62.0 Å². The molecule has 1 fully saturated rings. The lowest BCUT2D eigenvalue weighted by Gasteiger charge is -2.25. The Hall–Kier alpha value is -1.33. The molecular weight excluding hydrogens is 296 g/mol. The number of hydrogen-bond acceptors (Lipinski definition) is 2. The predicted octanol–water partition coefficient (Wildman–Crippen LogP) is 2.81. The van der Waals surface area contributed by atoms with E-state index >= 15 is 0 Å². The van der Waals surface area contributed by atoms with E-state index in [2.05, 4.69) is 34.8 Å². The third kappa shape index (κ3) is 2.18. The molecule has 0 aliphatic heterocycles. The molecule has 4 nitrogen and oxygen atoms in total. The molecule has 5 heteroatoms. The molecule has 0 saturated heterocycles. The van der Waals surface area contributed by atoms with Crippen LogP contribution in [0.15, 0.2) is 18.2 Å². The summed E-state index contributed by atoms with van der Waals surface area (Å²) in [7, 11) is -3.19. The summed E-state index contributed by atoms with van der Waals surface area (Å²) in [4.78, 5) is 3.49. The lowest BCUT2D eigenvalue weighted by Crippen LogP contribution is -2.43. The lowest BCUT2D eigenvalue weighted by atomic mass is 9.92. The smallest absolute Gasteiger partial charge is 0.217 e. The van der Waals surface area contributed by atoms with Crippen LogP contribution in [-0.4, -0.2) is 24.2 Å². The monoisotopic (exact) mass is 318 g/mol. The highest BCUT2D eigenvalue weighted by Gasteiger charge is 2.50. The summed E-state index contributed by atoms with van der Waals surface area (Å²) in [6, 6.07) is 6.45. The molecule has 2 aliphatic carbocycles. The largest absolute Gasteiger partial charge is 0.358 e. The molecule has 0 radical (unpaired) electrons. The number of rotatable bonds is 3. The van der Waals surface area contributed by atoms with E-state index in [0.717, 1.165) is 37.6 Å². The van der Waals surface area contributed by atoms with Gasteiger partial charge in [-0.2, -0.15) is 0 Å². The van der Waals surface area contributed by atoms with Crippen LogP contribution in [0.2, 0.25) is 0 Å². The molecule has 0 bridgehead atoms. The van der Waals surface area contributed by atoms with E-state index in [9.17, 15) is 8.42 Å². The Morgan fingerprint density at radius 3 is 2.82 bits per heavy atom. The number of nitrogens with one attached hydrogen (secondary N) is 2. The number of sulfonamides is 1. The number of aryl methyl sites for hydroxylation is 2. The predicted molar refractivity (Wildman–Crippen MR) is 88.5 cm³/mol. The van der Waals surface area contributed by atoms with Crippen molar-refractivity contribution >= 4 is 20.9 Å². The van der Waals surface area contributed by atoms with E-state index in [-0.39, 0.29) is 6.04 Å². The summed E-state index contributed by atoms with van der Waals surface area (Å²) < 4.78 is 27.3. The average molecular weight is 318 g/mol. The van der Waals surface area contributed by atoms with Gasteiger partial charge in [-0.1, -0.05) is 11.6 Å². The summed E-state index contributed by atoms with van der Waals surface area (Å²) in [5.41, 5.74) is 4.96. The minimum absolute atomic E-state index is 0.0226. The van der Waals surface area contributed by atoms with Crippen LogP contribution in [0.25, 0.3) is 10.9 Å². The molecule has 1 atom stereocenters. The van der Waals surface area contributed by atoms with Crippen molar-refractivity contribution in [2.24, 2.45) is 0 Å². The van der Waals surface area contributed by atoms with Crippen molar-refractivity contribution in [1.82, 2.24) is 9.71 Å². The molecule has 1 saturated carbocycles. The molecule has 1 aromatic heterocycles. The van der Waals surface area contributed by atoms with Crippen molar-refractivity contribution in [1.29, 1.82) is 0 Å². The summed E-state index contributed by atoms with van der Waals surface area (Å²) >= 11 is 0. The van der Waals surface area contributed by atoms with E-state index in [1.165, 1.54) is 22.2 Å². The normalized spacial score (nSPS) is 23.5. The molecule has 118 valence electrons. The minimum Gasteiger partial charge on any atom is -0.358 e. The van der Waals surface area contributed by atoms with Crippen LogP contribution in [0.3, 0.4) is 0 Å². The van der Waals surface area contributed by atoms with E-state index in [1.807, 2.05) is 6.92 Å². The number of fused-ring (bicyclic) bond motifs is 3. The van der Waals surface area contributed by atoms with Crippen molar-refractivity contribution < 1.29 is 8.42 Å². The van der Waals surface area contributed by atoms with Crippen molar-refractivity contribution in [3.63, 3.8) is 0 Å². The fourth-order valence-corrected chi connectivity index (χ4v) is 5.00. The van der Waals surface area contributed by atoms with E-state index in [0.29, 0.717) is 0 Å². The molecule has 0 amide bonds. The van der Waals surface area contributed by atoms with Gasteiger partial charge in [-0.3, -0.25) is 0 Å². The molecule has 1 aromatic carbocycles. The van der Waals surface area contributed by atoms with Gasteiger partial charge in [0.1, 0.15) is 0 Å². The first kappa shape index (κ1) is 14.3. The third-order valence-electron chi connectivity index (χ3n) is 5.27. The van der Waals surface area contributed by atoms with E-state index in [4.69, 9.17) is 0 Å². The van der Waals surface area contributed by atoms with Crippen LogP contribution >= 0.6 is 0 Å². The standard InChI is InChI=1S/C17H22N2O2S/c1-11-3-5-15-13(9-11)14-10-12(4-6-16(14)18-15)19-22(20,21)17(2)7-8-17/h3,5,9,12,18-19H,4,6-8,10H2,1-2H3. The van der Waals surface area contributed by atoms with Crippen molar-refractivity contribution in [2.75, 3.05) is 0 Å². The summed E-state index contributed by atoms with van der Waals surface area (Å²) in [5.74, 6) is 0. The van der Waals surface area contributed by atoms with Gasteiger partial charge in [-0.25, -0.2) is 13.1 Å². The SMILES string of the molecule is Cc1ccc2[nH]c3c(c2c1)CC(NS(=O)(=O)C1(C)CC1)CC3. The summed E-state index contributed by atoms with van der Waals surface area (Å²) in [6.45, 7) is 3.94. The van der Waals surface area contributed by atoms with Gasteiger partial charge in [0.15, 0.2) is 0 Å². The Kier molecular flexibility index (Phi) is 2.97. The molecule has 22 heavy (non-hydrogen) atoms. The van der Waals surface area contributed by atoms with Gasteiger partial charge in [-0.15, -0.1) is 0 Å². The Labute approximate surface area is 131 Å². The van der Waals surface area contributed by atoms with E-state index < -0.39 is 14.8 Å². The minimum atomic E-state index is -3.19. The maximum absolute atomic E-state index is 12.4. The molecule has 2 N–H and O–H groups in total. The van der Waals surface area contributed by atoms with Crippen LogP contribution in [0, 0.1) is 6.92 Å². The van der Waals surface area contributed by atoms with Gasteiger partial charge < -0.3 is 4.98 Å². The molecule has 1 unspecified atom stereocenters. The molecule has 1 heterocycles. The highest BCUT2D eigenvalue weighted by molar-refractivity contribution is 7.91. The molecule has 0 spiro atoms. The Balaban J connectivity index is 1.63. The first-order chi connectivity index (χ1) is 10.4. The van der Waals surface area contributed by atoms with Crippen LogP contribution < -0.4 is 4.72 Å². The van der Waals surface area contributed by atoms with E-state index in [1.54, 1.807) is 0 Å². The van der Waals surface area contributed by atoms with Crippen LogP contribution in [0.1, 0.15) is 43.0 Å². The first-order valence-electron chi connectivity index (χ1n) is 8.00. The van der Waals surface area contributed by atoms with Gasteiger partial charge in [0.2, 0.25) is 10.0 Å². The molecule has 2 aliphatic rings. The van der Waals surface area contributed by atoms with Crippen LogP contribution in [0.4, 0.5) is 0 Å². The van der Waals surface area contributed by atoms with Crippen LogP contribution in [-0.2, 0) is 22.9 Å². The second-order valence-electron chi connectivity index (χ2n) is 7.14. The fourth-order valence-electron chi connectivity index (χ4n) is 3.44. The molecular formula is C17H22N2O2S. The number of aromatic nitrogens is 1. The number of H-pyrrole nitrogens is 1. The Morgan fingerprint density at radius 1 is 1.32 bits per heavy atom.